The molecule has 0 atom stereocenters. The smallest absolute Gasteiger partial charge is 0.852 e. The van der Waals surface area contributed by atoms with E-state index >= 15 is 0 Å². The monoisotopic (exact) mass is 198 g/mol. The Labute approximate surface area is 131 Å². The van der Waals surface area contributed by atoms with E-state index in [-0.39, 0.29) is 56.6 Å². The molecule has 0 saturated heterocycles. The summed E-state index contributed by atoms with van der Waals surface area (Å²) in [6.07, 6.45) is -1.25. The van der Waals surface area contributed by atoms with Gasteiger partial charge in [0.25, 0.3) is 0 Å². The minimum Gasteiger partial charge on any atom is -0.852 e. The van der Waals surface area contributed by atoms with Gasteiger partial charge in [-0.1, -0.05) is 41.5 Å². The first-order valence-electron chi connectivity index (χ1n) is 4.17. The van der Waals surface area contributed by atoms with Crippen LogP contribution in [0.1, 0.15) is 41.5 Å². The Morgan fingerprint density at radius 2 is 0.467 bits per heavy atom. The maximum absolute atomic E-state index is 9.53. The molecule has 78 valence electrons. The van der Waals surface area contributed by atoms with Crippen LogP contribution in [0.15, 0.2) is 0 Å². The van der Waals surface area contributed by atoms with E-state index < -0.39 is 18.3 Å². The fourth-order valence-electron chi connectivity index (χ4n) is 0. The normalized spacial score (nSPS) is 7.20. The molecule has 0 aromatic heterocycles. The summed E-state index contributed by atoms with van der Waals surface area (Å²) in [5, 5.41) is 28.6. The first-order valence-corrected chi connectivity index (χ1v) is 4.17. The van der Waals surface area contributed by atoms with Gasteiger partial charge < -0.3 is 15.3 Å². The molecule has 3 nitrogen and oxygen atoms in total. The molecule has 0 aromatic rings. The number of hydrogen-bond acceptors (Lipinski definition) is 3. The van der Waals surface area contributed by atoms with Crippen LogP contribution in [0.25, 0.3) is 0 Å². The molecule has 0 rings (SSSR count). The van der Waals surface area contributed by atoms with Crippen molar-refractivity contribution in [3.63, 3.8) is 0 Å². The maximum Gasteiger partial charge on any atom is 1.00 e. The summed E-state index contributed by atoms with van der Waals surface area (Å²) < 4.78 is 0. The van der Waals surface area contributed by atoms with Gasteiger partial charge in [0.1, 0.15) is 0 Å². The summed E-state index contributed by atoms with van der Waals surface area (Å²) in [5.74, 6) is 0. The minimum absolute atomic E-state index is 0. The first kappa shape index (κ1) is 36.0. The van der Waals surface area contributed by atoms with Crippen LogP contribution in [0, 0.1) is 0 Å². The summed E-state index contributed by atoms with van der Waals surface area (Å²) in [6.45, 7) is 9.67. The van der Waals surface area contributed by atoms with Crippen LogP contribution in [0.3, 0.4) is 0 Å². The van der Waals surface area contributed by atoms with Crippen LogP contribution in [0.5, 0.6) is 0 Å². The van der Waals surface area contributed by atoms with Gasteiger partial charge in [0, 0.05) is 0 Å². The molecule has 0 bridgehead atoms. The molecule has 0 saturated carbocycles. The second kappa shape index (κ2) is 29.6. The van der Waals surface area contributed by atoms with Crippen LogP contribution >= 0.6 is 0 Å². The molecule has 0 aliphatic rings. The largest absolute Gasteiger partial charge is 1.00 e. The third-order valence-electron chi connectivity index (χ3n) is 0. The SMILES string of the molecule is CC(C)[O-].CC(C)[O-].CC(C)[O-].[Li+].[Li+].[Li+]. The predicted molar refractivity (Wildman–Crippen MR) is 45.4 cm³/mol. The van der Waals surface area contributed by atoms with Gasteiger partial charge >= 0.3 is 56.6 Å². The summed E-state index contributed by atoms with van der Waals surface area (Å²) in [7, 11) is 0. The van der Waals surface area contributed by atoms with E-state index in [1.54, 1.807) is 41.5 Å². The zero-order valence-corrected chi connectivity index (χ0v) is 12.0. The second-order valence-corrected chi connectivity index (χ2v) is 3.15. The summed E-state index contributed by atoms with van der Waals surface area (Å²) in [4.78, 5) is 0. The van der Waals surface area contributed by atoms with Gasteiger partial charge in [-0.2, -0.15) is 0 Å². The van der Waals surface area contributed by atoms with Crippen LogP contribution in [0.4, 0.5) is 0 Å². The molecule has 0 aliphatic heterocycles. The van der Waals surface area contributed by atoms with Crippen molar-refractivity contribution < 1.29 is 71.9 Å². The molecule has 0 aromatic carbocycles. The zero-order chi connectivity index (χ0) is 10.7. The average molecular weight is 198 g/mol. The molecule has 0 radical (unpaired) electrons. The molecule has 0 heterocycles. The third-order valence-corrected chi connectivity index (χ3v) is 0. The number of rotatable bonds is 0. The molecule has 0 amide bonds. The predicted octanol–water partition coefficient (Wildman–Crippen LogP) is -9.72. The summed E-state index contributed by atoms with van der Waals surface area (Å²) in [5.41, 5.74) is 0. The molecule has 0 N–H and O–H groups in total. The number of hydrogen-bond donors (Lipinski definition) is 0. The molecular formula is C9H21Li3O3. The molecule has 0 unspecified atom stereocenters. The van der Waals surface area contributed by atoms with Crippen molar-refractivity contribution in [2.24, 2.45) is 0 Å². The Morgan fingerprint density at radius 3 is 0.467 bits per heavy atom. The molecule has 15 heavy (non-hydrogen) atoms. The van der Waals surface area contributed by atoms with E-state index in [1.807, 2.05) is 0 Å². The Hall–Kier alpha value is 1.67. The molecule has 6 heteroatoms. The first-order chi connectivity index (χ1) is 5.20. The van der Waals surface area contributed by atoms with Gasteiger partial charge in [0.05, 0.1) is 0 Å². The molecular weight excluding hydrogens is 177 g/mol. The average Bonchev–Trinajstić information content (AvgIpc) is 1.54. The molecule has 0 spiro atoms. The standard InChI is InChI=1S/3C3H7O.3Li/c3*1-3(2)4;;;/h3*3H,1-2H3;;;/q3*-1;3*+1. The fraction of sp³-hybridized carbons (Fsp3) is 1.00. The Bertz CT molecular complexity index is 49.1. The summed E-state index contributed by atoms with van der Waals surface area (Å²) in [6, 6.07) is 0. The van der Waals surface area contributed by atoms with Crippen molar-refractivity contribution in [1.29, 1.82) is 0 Å². The maximum atomic E-state index is 9.53. The van der Waals surface area contributed by atoms with Crippen molar-refractivity contribution in [2.75, 3.05) is 0 Å². The Morgan fingerprint density at radius 1 is 0.467 bits per heavy atom. The van der Waals surface area contributed by atoms with Gasteiger partial charge in [-0.3, -0.25) is 0 Å². The van der Waals surface area contributed by atoms with Crippen LogP contribution in [0.2, 0.25) is 0 Å². The van der Waals surface area contributed by atoms with Gasteiger partial charge in [-0.05, 0) is 0 Å². The van der Waals surface area contributed by atoms with E-state index in [2.05, 4.69) is 0 Å². The van der Waals surface area contributed by atoms with Gasteiger partial charge in [0.2, 0.25) is 0 Å². The topological polar surface area (TPSA) is 69.2 Å². The Kier molecular flexibility index (Phi) is 71.0. The van der Waals surface area contributed by atoms with Crippen molar-refractivity contribution in [3.8, 4) is 0 Å². The fourth-order valence-corrected chi connectivity index (χ4v) is 0. The van der Waals surface area contributed by atoms with E-state index in [9.17, 15) is 15.3 Å². The van der Waals surface area contributed by atoms with Crippen LogP contribution in [-0.4, -0.2) is 18.3 Å². The quantitative estimate of drug-likeness (QED) is 0.363. The van der Waals surface area contributed by atoms with Crippen molar-refractivity contribution in [1.82, 2.24) is 0 Å². The second-order valence-electron chi connectivity index (χ2n) is 3.15. The van der Waals surface area contributed by atoms with E-state index in [4.69, 9.17) is 0 Å². The van der Waals surface area contributed by atoms with E-state index in [0.717, 1.165) is 0 Å². The van der Waals surface area contributed by atoms with Crippen molar-refractivity contribution in [2.45, 2.75) is 59.9 Å². The zero-order valence-electron chi connectivity index (χ0n) is 12.0. The van der Waals surface area contributed by atoms with Crippen LogP contribution in [-0.2, 0) is 0 Å². The van der Waals surface area contributed by atoms with Gasteiger partial charge in [-0.15, -0.1) is 18.3 Å². The van der Waals surface area contributed by atoms with Crippen molar-refractivity contribution >= 4 is 0 Å². The Balaban J connectivity index is -0.0000000184. The van der Waals surface area contributed by atoms with E-state index in [1.165, 1.54) is 0 Å². The minimum atomic E-state index is -0.417. The van der Waals surface area contributed by atoms with Gasteiger partial charge in [-0.25, -0.2) is 0 Å². The third kappa shape index (κ3) is 1050. The van der Waals surface area contributed by atoms with E-state index in [0.29, 0.717) is 0 Å². The molecule has 0 fully saturated rings. The van der Waals surface area contributed by atoms with Crippen molar-refractivity contribution in [3.05, 3.63) is 0 Å². The molecule has 0 aliphatic carbocycles. The summed E-state index contributed by atoms with van der Waals surface area (Å²) >= 11 is 0. The van der Waals surface area contributed by atoms with Crippen LogP contribution < -0.4 is 71.9 Å². The van der Waals surface area contributed by atoms with Gasteiger partial charge in [0.15, 0.2) is 0 Å².